The molecule has 0 atom stereocenters. The van der Waals surface area contributed by atoms with Gasteiger partial charge in [-0.1, -0.05) is 18.2 Å². The summed E-state index contributed by atoms with van der Waals surface area (Å²) in [4.78, 5) is 12.1. The Balaban J connectivity index is 1.83. The minimum atomic E-state index is -4.39. The van der Waals surface area contributed by atoms with Crippen LogP contribution in [0.25, 0.3) is 0 Å². The number of nitrogens with one attached hydrogen (secondary N) is 2. The maximum Gasteiger partial charge on any atom is 0.416 e. The molecular weight excluding hydrogens is 361 g/mol. The van der Waals surface area contributed by atoms with E-state index in [1.54, 1.807) is 24.3 Å². The molecule has 2 N–H and O–H groups in total. The number of hydrogen-bond acceptors (Lipinski definition) is 4. The van der Waals surface area contributed by atoms with Gasteiger partial charge in [0.25, 0.3) is 5.91 Å². The third kappa shape index (κ3) is 5.62. The summed E-state index contributed by atoms with van der Waals surface area (Å²) in [6, 6.07) is 10.2. The second-order valence-corrected chi connectivity index (χ2v) is 5.66. The fourth-order valence-electron chi connectivity index (χ4n) is 2.52. The van der Waals surface area contributed by atoms with Gasteiger partial charge in [0.05, 0.1) is 19.8 Å². The quantitative estimate of drug-likeness (QED) is 0.689. The first-order valence-corrected chi connectivity index (χ1v) is 8.23. The van der Waals surface area contributed by atoms with Gasteiger partial charge in [0.2, 0.25) is 0 Å². The molecule has 5 nitrogen and oxygen atoms in total. The topological polar surface area (TPSA) is 59.6 Å². The Morgan fingerprint density at radius 2 is 1.70 bits per heavy atom. The van der Waals surface area contributed by atoms with Crippen LogP contribution in [0.2, 0.25) is 0 Å². The minimum absolute atomic E-state index is 0.0575. The van der Waals surface area contributed by atoms with Crippen LogP contribution in [0, 0.1) is 0 Å². The third-order valence-electron chi connectivity index (χ3n) is 3.87. The highest BCUT2D eigenvalue weighted by atomic mass is 19.4. The maximum atomic E-state index is 12.9. The molecule has 146 valence electrons. The summed E-state index contributed by atoms with van der Waals surface area (Å²) in [5.74, 6) is 0.638. The van der Waals surface area contributed by atoms with Gasteiger partial charge in [-0.2, -0.15) is 13.2 Å². The van der Waals surface area contributed by atoms with Crippen LogP contribution in [-0.4, -0.2) is 33.2 Å². The predicted molar refractivity (Wildman–Crippen MR) is 95.0 cm³/mol. The van der Waals surface area contributed by atoms with Gasteiger partial charge in [-0.3, -0.25) is 4.79 Å². The van der Waals surface area contributed by atoms with Gasteiger partial charge in [-0.05, 0) is 29.8 Å². The van der Waals surface area contributed by atoms with E-state index in [9.17, 15) is 18.0 Å². The smallest absolute Gasteiger partial charge is 0.416 e. The monoisotopic (exact) mass is 382 g/mol. The molecule has 0 aromatic heterocycles. The summed E-state index contributed by atoms with van der Waals surface area (Å²) in [6.07, 6.45) is -4.39. The molecule has 0 bridgehead atoms. The Kier molecular flexibility index (Phi) is 7.06. The second kappa shape index (κ2) is 9.27. The number of rotatable bonds is 8. The van der Waals surface area contributed by atoms with Crippen molar-refractivity contribution in [2.24, 2.45) is 0 Å². The van der Waals surface area contributed by atoms with Crippen LogP contribution in [0.4, 0.5) is 13.2 Å². The highest BCUT2D eigenvalue weighted by molar-refractivity contribution is 5.94. The fraction of sp³-hybridized carbons (Fsp3) is 0.316. The van der Waals surface area contributed by atoms with E-state index in [1.165, 1.54) is 26.4 Å². The molecule has 1 amide bonds. The van der Waals surface area contributed by atoms with Crippen molar-refractivity contribution >= 4 is 5.91 Å². The first-order valence-electron chi connectivity index (χ1n) is 8.23. The summed E-state index contributed by atoms with van der Waals surface area (Å²) < 4.78 is 49.0. The van der Waals surface area contributed by atoms with Gasteiger partial charge in [0, 0.05) is 25.2 Å². The molecule has 2 rings (SSSR count). The first kappa shape index (κ1) is 20.6. The van der Waals surface area contributed by atoms with Crippen molar-refractivity contribution in [3.63, 3.8) is 0 Å². The molecule has 0 fully saturated rings. The normalized spacial score (nSPS) is 11.1. The number of carbonyl (C=O) groups is 1. The van der Waals surface area contributed by atoms with Crippen molar-refractivity contribution in [1.29, 1.82) is 0 Å². The van der Waals surface area contributed by atoms with Gasteiger partial charge in [0.15, 0.2) is 11.5 Å². The Bertz CT molecular complexity index is 779. The molecular formula is C19H21F3N2O3. The number of hydrogen-bond donors (Lipinski definition) is 2. The maximum absolute atomic E-state index is 12.9. The van der Waals surface area contributed by atoms with E-state index in [0.717, 1.165) is 6.07 Å². The van der Waals surface area contributed by atoms with Crippen molar-refractivity contribution in [1.82, 2.24) is 10.6 Å². The molecule has 2 aromatic rings. The number of ether oxygens (including phenoxy) is 2. The molecule has 0 aliphatic heterocycles. The summed E-state index contributed by atoms with van der Waals surface area (Å²) in [5.41, 5.74) is -0.0989. The lowest BCUT2D eigenvalue weighted by Crippen LogP contribution is -2.32. The van der Waals surface area contributed by atoms with Gasteiger partial charge in [-0.15, -0.1) is 0 Å². The van der Waals surface area contributed by atoms with Gasteiger partial charge in [-0.25, -0.2) is 0 Å². The van der Waals surface area contributed by atoms with E-state index >= 15 is 0 Å². The summed E-state index contributed by atoms with van der Waals surface area (Å²) in [5, 5.41) is 5.60. The molecule has 0 aliphatic carbocycles. The van der Waals surface area contributed by atoms with Crippen molar-refractivity contribution in [3.05, 3.63) is 59.2 Å². The van der Waals surface area contributed by atoms with Gasteiger partial charge >= 0.3 is 6.18 Å². The highest BCUT2D eigenvalue weighted by Crippen LogP contribution is 2.31. The van der Waals surface area contributed by atoms with Gasteiger partial charge < -0.3 is 20.1 Å². The summed E-state index contributed by atoms with van der Waals surface area (Å²) in [7, 11) is 2.97. The van der Waals surface area contributed by atoms with Gasteiger partial charge in [0.1, 0.15) is 0 Å². The lowest BCUT2D eigenvalue weighted by molar-refractivity contribution is -0.138. The largest absolute Gasteiger partial charge is 0.493 e. The number of amides is 1. The first-order chi connectivity index (χ1) is 12.9. The van der Waals surface area contributed by atoms with Crippen molar-refractivity contribution in [2.45, 2.75) is 12.7 Å². The molecule has 27 heavy (non-hydrogen) atoms. The number of halogens is 3. The number of benzene rings is 2. The molecule has 0 heterocycles. The molecule has 2 aromatic carbocycles. The van der Waals surface area contributed by atoms with Crippen LogP contribution in [-0.2, 0) is 12.7 Å². The average molecular weight is 382 g/mol. The fourth-order valence-corrected chi connectivity index (χ4v) is 2.52. The Labute approximate surface area is 155 Å². The third-order valence-corrected chi connectivity index (χ3v) is 3.87. The van der Waals surface area contributed by atoms with E-state index in [2.05, 4.69) is 10.6 Å². The minimum Gasteiger partial charge on any atom is -0.493 e. The molecule has 0 aliphatic rings. The van der Waals surface area contributed by atoms with Crippen LogP contribution in [0.1, 0.15) is 21.5 Å². The Hall–Kier alpha value is -2.74. The molecule has 0 radical (unpaired) electrons. The molecule has 0 spiro atoms. The Morgan fingerprint density at radius 3 is 2.37 bits per heavy atom. The van der Waals surface area contributed by atoms with E-state index in [4.69, 9.17) is 9.47 Å². The van der Waals surface area contributed by atoms with E-state index in [0.29, 0.717) is 23.6 Å². The van der Waals surface area contributed by atoms with Crippen LogP contribution in [0.3, 0.4) is 0 Å². The van der Waals surface area contributed by atoms with Crippen LogP contribution in [0.15, 0.2) is 42.5 Å². The highest BCUT2D eigenvalue weighted by Gasteiger charge is 2.32. The lowest BCUT2D eigenvalue weighted by Gasteiger charge is -2.13. The number of methoxy groups -OCH3 is 2. The number of alkyl halides is 3. The lowest BCUT2D eigenvalue weighted by atomic mass is 10.1. The Morgan fingerprint density at radius 1 is 1.00 bits per heavy atom. The van der Waals surface area contributed by atoms with Crippen LogP contribution in [0.5, 0.6) is 11.5 Å². The van der Waals surface area contributed by atoms with Crippen molar-refractivity contribution in [3.8, 4) is 11.5 Å². The zero-order valence-corrected chi connectivity index (χ0v) is 15.0. The zero-order valence-electron chi connectivity index (χ0n) is 15.0. The van der Waals surface area contributed by atoms with E-state index in [1.807, 2.05) is 0 Å². The second-order valence-electron chi connectivity index (χ2n) is 5.66. The summed E-state index contributed by atoms with van der Waals surface area (Å²) in [6.45, 7) is 0.647. The summed E-state index contributed by atoms with van der Waals surface area (Å²) >= 11 is 0. The standard InChI is InChI=1S/C19H21F3N2O3/c1-26-16-8-7-13(11-17(16)27-2)18(25)24-10-9-23-12-14-5-3-4-6-15(14)19(20,21)22/h3-8,11,23H,9-10,12H2,1-2H3,(H,24,25). The van der Waals surface area contributed by atoms with E-state index in [-0.39, 0.29) is 24.6 Å². The molecule has 0 saturated carbocycles. The molecule has 0 saturated heterocycles. The van der Waals surface area contributed by atoms with Crippen LogP contribution < -0.4 is 20.1 Å². The van der Waals surface area contributed by atoms with Crippen molar-refractivity contribution < 1.29 is 27.4 Å². The number of carbonyl (C=O) groups excluding carboxylic acids is 1. The molecule has 8 heteroatoms. The molecule has 0 unspecified atom stereocenters. The SMILES string of the molecule is COc1ccc(C(=O)NCCNCc2ccccc2C(F)(F)F)cc1OC. The predicted octanol–water partition coefficient (Wildman–Crippen LogP) is 3.24. The van der Waals surface area contributed by atoms with Crippen LogP contribution >= 0.6 is 0 Å². The average Bonchev–Trinajstić information content (AvgIpc) is 2.66. The zero-order chi connectivity index (χ0) is 19.9. The van der Waals surface area contributed by atoms with E-state index < -0.39 is 11.7 Å². The van der Waals surface area contributed by atoms with Crippen molar-refractivity contribution in [2.75, 3.05) is 27.3 Å².